The van der Waals surface area contributed by atoms with Crippen LogP contribution in [0.15, 0.2) is 24.3 Å². The van der Waals surface area contributed by atoms with Gasteiger partial charge in [-0.2, -0.15) is 13.2 Å². The van der Waals surface area contributed by atoms with Crippen LogP contribution in [0.2, 0.25) is 0 Å². The molecule has 0 spiro atoms. The number of halogens is 3. The van der Waals surface area contributed by atoms with Crippen LogP contribution in [0.5, 0.6) is 0 Å². The molecule has 0 aliphatic heterocycles. The second-order valence-corrected chi connectivity index (χ2v) is 3.44. The number of nitrogens with two attached hydrogens (primary N) is 1. The Morgan fingerprint density at radius 1 is 1.24 bits per heavy atom. The van der Waals surface area contributed by atoms with E-state index in [0.29, 0.717) is 0 Å². The van der Waals surface area contributed by atoms with Gasteiger partial charge in [0.15, 0.2) is 0 Å². The van der Waals surface area contributed by atoms with E-state index < -0.39 is 17.6 Å². The fourth-order valence-electron chi connectivity index (χ4n) is 0.849. The summed E-state index contributed by atoms with van der Waals surface area (Å²) in [5.74, 6) is -0.869. The summed E-state index contributed by atoms with van der Waals surface area (Å²) >= 11 is 0. The third-order valence-electron chi connectivity index (χ3n) is 1.97. The van der Waals surface area contributed by atoms with Gasteiger partial charge in [0.05, 0.1) is 5.56 Å². The molecule has 96 valence electrons. The van der Waals surface area contributed by atoms with Crippen LogP contribution < -0.4 is 5.73 Å². The van der Waals surface area contributed by atoms with Gasteiger partial charge in [0.1, 0.15) is 0 Å². The zero-order chi connectivity index (χ0) is 13.5. The van der Waals surface area contributed by atoms with Crippen LogP contribution in [0.1, 0.15) is 42.6 Å². The van der Waals surface area contributed by atoms with E-state index in [4.69, 9.17) is 5.73 Å². The number of unbranched alkanes of at least 4 members (excludes halogenated alkanes) is 1. The molecule has 0 atom stereocenters. The lowest BCUT2D eigenvalue weighted by Gasteiger charge is -2.06. The smallest absolute Gasteiger partial charge is 0.366 e. The first kappa shape index (κ1) is 15.5. The molecule has 17 heavy (non-hydrogen) atoms. The molecule has 2 nitrogen and oxygen atoms in total. The van der Waals surface area contributed by atoms with Crippen LogP contribution in [-0.2, 0) is 6.18 Å². The van der Waals surface area contributed by atoms with Crippen LogP contribution >= 0.6 is 0 Å². The lowest BCUT2D eigenvalue weighted by molar-refractivity contribution is -0.137. The van der Waals surface area contributed by atoms with Crippen molar-refractivity contribution in [1.82, 2.24) is 0 Å². The highest BCUT2D eigenvalue weighted by Crippen LogP contribution is 2.29. The first-order valence-electron chi connectivity index (χ1n) is 5.30. The molecule has 1 rings (SSSR count). The Kier molecular flexibility index (Phi) is 6.31. The largest absolute Gasteiger partial charge is 0.416 e. The van der Waals surface area contributed by atoms with Gasteiger partial charge in [-0.15, -0.1) is 0 Å². The van der Waals surface area contributed by atoms with Crippen molar-refractivity contribution in [3.05, 3.63) is 35.4 Å². The standard InChI is InChI=1S/C8H6F3NO.C4H10/c9-8(10,11)6-3-1-2-5(4-6)7(12)13;1-3-4-2/h1-4H,(H2,12,13);3-4H2,1-2H3. The van der Waals surface area contributed by atoms with Crippen LogP contribution in [0, 0.1) is 0 Å². The molecule has 0 heterocycles. The molecule has 0 bridgehead atoms. The number of amides is 1. The summed E-state index contributed by atoms with van der Waals surface area (Å²) in [4.78, 5) is 10.5. The Labute approximate surface area is 98.6 Å². The summed E-state index contributed by atoms with van der Waals surface area (Å²) in [6.45, 7) is 4.36. The van der Waals surface area contributed by atoms with Gasteiger partial charge >= 0.3 is 6.18 Å². The third kappa shape index (κ3) is 5.94. The van der Waals surface area contributed by atoms with Gasteiger partial charge in [-0.25, -0.2) is 0 Å². The predicted molar refractivity (Wildman–Crippen MR) is 60.5 cm³/mol. The minimum atomic E-state index is -4.44. The monoisotopic (exact) mass is 247 g/mol. The maximum atomic E-state index is 12.1. The molecule has 1 amide bonds. The summed E-state index contributed by atoms with van der Waals surface area (Å²) in [6.07, 6.45) is -1.80. The lowest BCUT2D eigenvalue weighted by Crippen LogP contribution is -2.13. The lowest BCUT2D eigenvalue weighted by atomic mass is 10.1. The maximum Gasteiger partial charge on any atom is 0.416 e. The summed E-state index contributed by atoms with van der Waals surface area (Å²) < 4.78 is 36.2. The van der Waals surface area contributed by atoms with Crippen molar-refractivity contribution in [2.45, 2.75) is 32.9 Å². The Bertz CT molecular complexity index is 359. The molecule has 1 aromatic carbocycles. The molecule has 0 aliphatic rings. The van der Waals surface area contributed by atoms with Gasteiger partial charge in [-0.05, 0) is 18.2 Å². The van der Waals surface area contributed by atoms with Gasteiger partial charge in [-0.3, -0.25) is 4.79 Å². The van der Waals surface area contributed by atoms with E-state index in [-0.39, 0.29) is 5.56 Å². The fraction of sp³-hybridized carbons (Fsp3) is 0.417. The molecule has 0 aliphatic carbocycles. The van der Waals surface area contributed by atoms with E-state index in [0.717, 1.165) is 18.2 Å². The van der Waals surface area contributed by atoms with Crippen molar-refractivity contribution in [3.8, 4) is 0 Å². The average Bonchev–Trinajstić information content (AvgIpc) is 2.28. The number of carbonyl (C=O) groups excluding carboxylic acids is 1. The number of benzene rings is 1. The number of carbonyl (C=O) groups is 1. The number of hydrogen-bond acceptors (Lipinski definition) is 1. The molecule has 0 saturated carbocycles. The summed E-state index contributed by atoms with van der Waals surface area (Å²) in [7, 11) is 0. The van der Waals surface area contributed by atoms with Crippen molar-refractivity contribution < 1.29 is 18.0 Å². The summed E-state index contributed by atoms with van der Waals surface area (Å²) in [5, 5.41) is 0. The molecule has 5 heteroatoms. The number of rotatable bonds is 2. The molecule has 0 saturated heterocycles. The SMILES string of the molecule is CCCC.NC(=O)c1cccc(C(F)(F)F)c1. The Balaban J connectivity index is 0.000000557. The van der Waals surface area contributed by atoms with Crippen molar-refractivity contribution in [2.75, 3.05) is 0 Å². The molecular weight excluding hydrogens is 231 g/mol. The van der Waals surface area contributed by atoms with Gasteiger partial charge in [0.25, 0.3) is 0 Å². The minimum Gasteiger partial charge on any atom is -0.366 e. The zero-order valence-corrected chi connectivity index (χ0v) is 9.84. The first-order chi connectivity index (χ1) is 7.82. The molecular formula is C12H16F3NO. The zero-order valence-electron chi connectivity index (χ0n) is 9.84. The highest BCUT2D eigenvalue weighted by atomic mass is 19.4. The van der Waals surface area contributed by atoms with Gasteiger partial charge in [0, 0.05) is 5.56 Å². The summed E-state index contributed by atoms with van der Waals surface area (Å²) in [6, 6.07) is 3.98. The van der Waals surface area contributed by atoms with E-state index in [2.05, 4.69) is 13.8 Å². The van der Waals surface area contributed by atoms with E-state index in [9.17, 15) is 18.0 Å². The van der Waals surface area contributed by atoms with Crippen LogP contribution in [-0.4, -0.2) is 5.91 Å². The summed E-state index contributed by atoms with van der Waals surface area (Å²) in [5.41, 5.74) is 3.80. The number of alkyl halides is 3. The van der Waals surface area contributed by atoms with E-state index in [1.807, 2.05) is 0 Å². The molecule has 2 N–H and O–H groups in total. The highest BCUT2D eigenvalue weighted by molar-refractivity contribution is 5.92. The third-order valence-corrected chi connectivity index (χ3v) is 1.97. The van der Waals surface area contributed by atoms with Gasteiger partial charge in [-0.1, -0.05) is 32.8 Å². The Morgan fingerprint density at radius 3 is 2.12 bits per heavy atom. The maximum absolute atomic E-state index is 12.1. The van der Waals surface area contributed by atoms with Crippen molar-refractivity contribution in [2.24, 2.45) is 5.73 Å². The van der Waals surface area contributed by atoms with Crippen molar-refractivity contribution in [3.63, 3.8) is 0 Å². The number of hydrogen-bond donors (Lipinski definition) is 1. The minimum absolute atomic E-state index is 0.144. The fourth-order valence-corrected chi connectivity index (χ4v) is 0.849. The molecule has 0 radical (unpaired) electrons. The van der Waals surface area contributed by atoms with Crippen LogP contribution in [0.3, 0.4) is 0 Å². The average molecular weight is 247 g/mol. The van der Waals surface area contributed by atoms with Crippen molar-refractivity contribution in [1.29, 1.82) is 0 Å². The second-order valence-electron chi connectivity index (χ2n) is 3.44. The van der Waals surface area contributed by atoms with E-state index >= 15 is 0 Å². The molecule has 0 unspecified atom stereocenters. The Hall–Kier alpha value is -1.52. The quantitative estimate of drug-likeness (QED) is 0.852. The highest BCUT2D eigenvalue weighted by Gasteiger charge is 2.30. The van der Waals surface area contributed by atoms with Gasteiger partial charge < -0.3 is 5.73 Å². The van der Waals surface area contributed by atoms with E-state index in [1.165, 1.54) is 18.9 Å². The molecule has 0 fully saturated rings. The van der Waals surface area contributed by atoms with Crippen LogP contribution in [0.4, 0.5) is 13.2 Å². The predicted octanol–water partition coefficient (Wildman–Crippen LogP) is 3.61. The van der Waals surface area contributed by atoms with Crippen LogP contribution in [0.25, 0.3) is 0 Å². The normalized spacial score (nSPS) is 10.4. The number of primary amides is 1. The molecule has 0 aromatic heterocycles. The topological polar surface area (TPSA) is 43.1 Å². The molecule has 1 aromatic rings. The second kappa shape index (κ2) is 6.93. The first-order valence-corrected chi connectivity index (χ1v) is 5.30. The van der Waals surface area contributed by atoms with Crippen molar-refractivity contribution >= 4 is 5.91 Å². The Morgan fingerprint density at radius 2 is 1.76 bits per heavy atom. The van der Waals surface area contributed by atoms with Gasteiger partial charge in [0.2, 0.25) is 5.91 Å². The van der Waals surface area contributed by atoms with E-state index in [1.54, 1.807) is 0 Å².